The zero-order valence-corrected chi connectivity index (χ0v) is 11.2. The highest BCUT2D eigenvalue weighted by molar-refractivity contribution is 5.94. The van der Waals surface area contributed by atoms with E-state index >= 15 is 0 Å². The van der Waals surface area contributed by atoms with E-state index in [9.17, 15) is 9.18 Å². The highest BCUT2D eigenvalue weighted by atomic mass is 19.1. The number of hydrogen-bond donors (Lipinski definition) is 2. The van der Waals surface area contributed by atoms with Crippen molar-refractivity contribution in [1.82, 2.24) is 5.32 Å². The fraction of sp³-hybridized carbons (Fsp3) is 0.188. The van der Waals surface area contributed by atoms with E-state index in [2.05, 4.69) is 5.32 Å². The van der Waals surface area contributed by atoms with Gasteiger partial charge in [0.15, 0.2) is 0 Å². The Labute approximate surface area is 121 Å². The van der Waals surface area contributed by atoms with Gasteiger partial charge >= 0.3 is 0 Å². The number of benzene rings is 2. The molecule has 2 aromatic rings. The van der Waals surface area contributed by atoms with Gasteiger partial charge in [-0.1, -0.05) is 18.2 Å². The van der Waals surface area contributed by atoms with Crippen LogP contribution in [-0.2, 0) is 6.42 Å². The van der Waals surface area contributed by atoms with Crippen molar-refractivity contribution < 1.29 is 19.0 Å². The number of amides is 1. The molecule has 1 aliphatic heterocycles. The van der Waals surface area contributed by atoms with Crippen molar-refractivity contribution in [3.05, 3.63) is 59.4 Å². The molecule has 1 amide bonds. The van der Waals surface area contributed by atoms with Crippen LogP contribution in [-0.4, -0.2) is 23.7 Å². The van der Waals surface area contributed by atoms with Crippen LogP contribution in [0.5, 0.6) is 11.5 Å². The first-order valence-electron chi connectivity index (χ1n) is 6.63. The summed E-state index contributed by atoms with van der Waals surface area (Å²) in [6.07, 6.45) is 0.640. The van der Waals surface area contributed by atoms with Gasteiger partial charge in [-0.25, -0.2) is 4.39 Å². The third-order valence-corrected chi connectivity index (χ3v) is 3.41. The molecule has 0 fully saturated rings. The number of aromatic hydroxyl groups is 1. The molecule has 2 aromatic carbocycles. The number of para-hydroxylation sites is 1. The Kier molecular flexibility index (Phi) is 3.48. The summed E-state index contributed by atoms with van der Waals surface area (Å²) in [4.78, 5) is 12.1. The molecule has 1 atom stereocenters. The predicted molar refractivity (Wildman–Crippen MR) is 75.0 cm³/mol. The highest BCUT2D eigenvalue weighted by Gasteiger charge is 2.22. The Balaban J connectivity index is 1.71. The van der Waals surface area contributed by atoms with E-state index in [0.29, 0.717) is 13.0 Å². The highest BCUT2D eigenvalue weighted by Crippen LogP contribution is 2.24. The smallest absolute Gasteiger partial charge is 0.254 e. The number of phenols is 1. The lowest BCUT2D eigenvalue weighted by Gasteiger charge is -2.26. The maximum atomic E-state index is 13.6. The fourth-order valence-corrected chi connectivity index (χ4v) is 2.37. The van der Waals surface area contributed by atoms with Gasteiger partial charge in [0, 0.05) is 6.07 Å². The average molecular weight is 287 g/mol. The van der Waals surface area contributed by atoms with Crippen LogP contribution < -0.4 is 10.1 Å². The number of rotatable bonds is 2. The van der Waals surface area contributed by atoms with E-state index in [1.54, 1.807) is 0 Å². The zero-order chi connectivity index (χ0) is 14.8. The molecule has 1 aliphatic rings. The molecule has 2 N–H and O–H groups in total. The van der Waals surface area contributed by atoms with Crippen LogP contribution in [0, 0.1) is 5.82 Å². The number of ether oxygens (including phenoxy) is 1. The molecule has 0 aromatic heterocycles. The molecule has 0 bridgehead atoms. The molecular formula is C16H14FNO3. The van der Waals surface area contributed by atoms with Crippen molar-refractivity contribution in [3.8, 4) is 11.5 Å². The van der Waals surface area contributed by atoms with Gasteiger partial charge in [0.05, 0.1) is 11.6 Å². The lowest BCUT2D eigenvalue weighted by atomic mass is 10.0. The molecule has 1 heterocycles. The number of fused-ring (bicyclic) bond motifs is 1. The molecule has 0 saturated carbocycles. The summed E-state index contributed by atoms with van der Waals surface area (Å²) in [7, 11) is 0. The summed E-state index contributed by atoms with van der Waals surface area (Å²) in [6, 6.07) is 10.9. The van der Waals surface area contributed by atoms with Crippen LogP contribution in [0.3, 0.4) is 0 Å². The van der Waals surface area contributed by atoms with Gasteiger partial charge < -0.3 is 15.2 Å². The first-order valence-corrected chi connectivity index (χ1v) is 6.63. The molecule has 0 radical (unpaired) electrons. The van der Waals surface area contributed by atoms with Gasteiger partial charge in [-0.15, -0.1) is 0 Å². The Morgan fingerprint density at radius 3 is 2.90 bits per heavy atom. The number of halogens is 1. The van der Waals surface area contributed by atoms with Crippen molar-refractivity contribution in [2.75, 3.05) is 6.61 Å². The fourth-order valence-electron chi connectivity index (χ4n) is 2.37. The molecule has 0 aliphatic carbocycles. The van der Waals surface area contributed by atoms with E-state index in [0.717, 1.165) is 17.4 Å². The SMILES string of the molecule is O=C(NC1COc2ccccc2C1)c1ccc(O)cc1F. The largest absolute Gasteiger partial charge is 0.508 e. The van der Waals surface area contributed by atoms with Gasteiger partial charge in [-0.3, -0.25) is 4.79 Å². The average Bonchev–Trinajstić information content (AvgIpc) is 2.47. The van der Waals surface area contributed by atoms with Crippen LogP contribution in [0.2, 0.25) is 0 Å². The Bertz CT molecular complexity index is 687. The van der Waals surface area contributed by atoms with Crippen molar-refractivity contribution in [2.45, 2.75) is 12.5 Å². The lowest BCUT2D eigenvalue weighted by Crippen LogP contribution is -2.42. The monoisotopic (exact) mass is 287 g/mol. The predicted octanol–water partition coefficient (Wildman–Crippen LogP) is 2.26. The number of hydrogen-bond acceptors (Lipinski definition) is 3. The van der Waals surface area contributed by atoms with Crippen molar-refractivity contribution in [3.63, 3.8) is 0 Å². The minimum absolute atomic E-state index is 0.0911. The normalized spacial score (nSPS) is 16.7. The first-order chi connectivity index (χ1) is 10.1. The van der Waals surface area contributed by atoms with Crippen LogP contribution >= 0.6 is 0 Å². The third kappa shape index (κ3) is 2.81. The summed E-state index contributed by atoms with van der Waals surface area (Å²) in [5, 5.41) is 11.9. The summed E-state index contributed by atoms with van der Waals surface area (Å²) in [6.45, 7) is 0.350. The number of carbonyl (C=O) groups is 1. The minimum Gasteiger partial charge on any atom is -0.508 e. The Hall–Kier alpha value is -2.56. The molecule has 21 heavy (non-hydrogen) atoms. The maximum Gasteiger partial charge on any atom is 0.254 e. The van der Waals surface area contributed by atoms with E-state index in [1.165, 1.54) is 12.1 Å². The van der Waals surface area contributed by atoms with Crippen LogP contribution in [0.4, 0.5) is 4.39 Å². The maximum absolute atomic E-state index is 13.6. The van der Waals surface area contributed by atoms with Gasteiger partial charge in [-0.05, 0) is 30.2 Å². The molecule has 0 spiro atoms. The zero-order valence-electron chi connectivity index (χ0n) is 11.2. The van der Waals surface area contributed by atoms with Crippen molar-refractivity contribution in [1.29, 1.82) is 0 Å². The number of phenolic OH excluding ortho intramolecular Hbond substituents is 1. The molecule has 1 unspecified atom stereocenters. The Morgan fingerprint density at radius 1 is 1.29 bits per heavy atom. The second-order valence-corrected chi connectivity index (χ2v) is 4.96. The summed E-state index contributed by atoms with van der Waals surface area (Å²) in [5.74, 6) is -0.650. The van der Waals surface area contributed by atoms with Crippen LogP contribution in [0.15, 0.2) is 42.5 Å². The standard InChI is InChI=1S/C16H14FNO3/c17-14-8-12(19)5-6-13(14)16(20)18-11-7-10-3-1-2-4-15(10)21-9-11/h1-6,8,11,19H,7,9H2,(H,18,20). The lowest BCUT2D eigenvalue weighted by molar-refractivity contribution is 0.0911. The van der Waals surface area contributed by atoms with E-state index < -0.39 is 11.7 Å². The summed E-state index contributed by atoms with van der Waals surface area (Å²) in [5.41, 5.74) is 0.923. The second kappa shape index (κ2) is 5.44. The van der Waals surface area contributed by atoms with E-state index in [-0.39, 0.29) is 17.4 Å². The third-order valence-electron chi connectivity index (χ3n) is 3.41. The van der Waals surface area contributed by atoms with E-state index in [1.807, 2.05) is 24.3 Å². The quantitative estimate of drug-likeness (QED) is 0.890. The minimum atomic E-state index is -0.746. The first kappa shape index (κ1) is 13.4. The van der Waals surface area contributed by atoms with Gasteiger partial charge in [0.2, 0.25) is 0 Å². The van der Waals surface area contributed by atoms with Crippen molar-refractivity contribution in [2.24, 2.45) is 0 Å². The number of nitrogens with one attached hydrogen (secondary N) is 1. The topological polar surface area (TPSA) is 58.6 Å². The Morgan fingerprint density at radius 2 is 2.10 bits per heavy atom. The molecule has 3 rings (SSSR count). The second-order valence-electron chi connectivity index (χ2n) is 4.96. The van der Waals surface area contributed by atoms with Gasteiger partial charge in [-0.2, -0.15) is 0 Å². The van der Waals surface area contributed by atoms with E-state index in [4.69, 9.17) is 9.84 Å². The van der Waals surface area contributed by atoms with Gasteiger partial charge in [0.1, 0.15) is 23.9 Å². The molecular weight excluding hydrogens is 273 g/mol. The van der Waals surface area contributed by atoms with Crippen molar-refractivity contribution >= 4 is 5.91 Å². The summed E-state index contributed by atoms with van der Waals surface area (Å²) >= 11 is 0. The van der Waals surface area contributed by atoms with Crippen LogP contribution in [0.25, 0.3) is 0 Å². The number of carbonyl (C=O) groups excluding carboxylic acids is 1. The van der Waals surface area contributed by atoms with Crippen LogP contribution in [0.1, 0.15) is 15.9 Å². The molecule has 108 valence electrons. The van der Waals surface area contributed by atoms with Gasteiger partial charge in [0.25, 0.3) is 5.91 Å². The molecule has 0 saturated heterocycles. The summed E-state index contributed by atoms with van der Waals surface area (Å²) < 4.78 is 19.2. The molecule has 5 heteroatoms. The molecule has 4 nitrogen and oxygen atoms in total.